The summed E-state index contributed by atoms with van der Waals surface area (Å²) in [5.41, 5.74) is 2.38. The Balaban J connectivity index is 1.28. The molecule has 0 radical (unpaired) electrons. The lowest BCUT2D eigenvalue weighted by molar-refractivity contribution is 0.0372. The smallest absolute Gasteiger partial charge is 0.190 e. The maximum atomic E-state index is 5.38. The van der Waals surface area contributed by atoms with E-state index in [1.54, 1.807) is 6.20 Å². The van der Waals surface area contributed by atoms with E-state index < -0.39 is 0 Å². The minimum absolute atomic E-state index is 0.856. The molecule has 0 atom stereocenters. The van der Waals surface area contributed by atoms with Crippen molar-refractivity contribution in [2.24, 2.45) is 4.99 Å². The van der Waals surface area contributed by atoms with Crippen molar-refractivity contribution in [3.8, 4) is 5.69 Å². The minimum Gasteiger partial charge on any atom is -0.379 e. The molecular weight excluding hydrogens is 352 g/mol. The predicted molar refractivity (Wildman–Crippen MR) is 113 cm³/mol. The van der Waals surface area contributed by atoms with Crippen molar-refractivity contribution in [3.05, 3.63) is 48.3 Å². The van der Waals surface area contributed by atoms with Crippen molar-refractivity contribution in [2.75, 3.05) is 53.0 Å². The number of aliphatic imine (C=N–C) groups is 1. The maximum absolute atomic E-state index is 5.38. The lowest BCUT2D eigenvalue weighted by atomic mass is 10.1. The third-order valence-electron chi connectivity index (χ3n) is 4.93. The molecule has 0 amide bonds. The second-order valence-electron chi connectivity index (χ2n) is 6.95. The van der Waals surface area contributed by atoms with E-state index in [1.165, 1.54) is 12.0 Å². The number of aromatic nitrogens is 2. The standard InChI is InChI=1S/C21H32N6O/c1-22-21(23-10-2-3-13-26-15-17-28-18-16-26)24-12-9-19-5-7-20(8-6-19)27-14-4-11-25-27/h4-8,11,14H,2-3,9-10,12-13,15-18H2,1H3,(H2,22,23,24). The highest BCUT2D eigenvalue weighted by molar-refractivity contribution is 5.79. The van der Waals surface area contributed by atoms with Gasteiger partial charge >= 0.3 is 0 Å². The van der Waals surface area contributed by atoms with Crippen LogP contribution in [0.4, 0.5) is 0 Å². The Kier molecular flexibility index (Phi) is 8.33. The second kappa shape index (κ2) is 11.5. The van der Waals surface area contributed by atoms with E-state index in [0.717, 1.165) is 70.4 Å². The molecule has 2 aromatic rings. The highest BCUT2D eigenvalue weighted by Gasteiger charge is 2.09. The molecule has 1 aromatic heterocycles. The van der Waals surface area contributed by atoms with Crippen molar-refractivity contribution in [1.29, 1.82) is 0 Å². The summed E-state index contributed by atoms with van der Waals surface area (Å²) in [6, 6.07) is 10.4. The molecule has 1 aliphatic rings. The second-order valence-corrected chi connectivity index (χ2v) is 6.95. The molecule has 0 bridgehead atoms. The molecule has 2 N–H and O–H groups in total. The SMILES string of the molecule is CN=C(NCCCCN1CCOCC1)NCCc1ccc(-n2cccn2)cc1. The van der Waals surface area contributed by atoms with Crippen LogP contribution >= 0.6 is 0 Å². The summed E-state index contributed by atoms with van der Waals surface area (Å²) >= 11 is 0. The number of nitrogens with one attached hydrogen (secondary N) is 2. The van der Waals surface area contributed by atoms with Gasteiger partial charge in [-0.1, -0.05) is 12.1 Å². The Bertz CT molecular complexity index is 692. The number of benzene rings is 1. The summed E-state index contributed by atoms with van der Waals surface area (Å²) in [7, 11) is 1.82. The summed E-state index contributed by atoms with van der Waals surface area (Å²) < 4.78 is 7.25. The van der Waals surface area contributed by atoms with Crippen molar-refractivity contribution in [2.45, 2.75) is 19.3 Å². The van der Waals surface area contributed by atoms with Crippen LogP contribution in [0, 0.1) is 0 Å². The number of morpholine rings is 1. The molecule has 1 saturated heterocycles. The molecule has 1 fully saturated rings. The van der Waals surface area contributed by atoms with Gasteiger partial charge in [-0.15, -0.1) is 0 Å². The van der Waals surface area contributed by atoms with E-state index in [2.05, 4.69) is 49.9 Å². The van der Waals surface area contributed by atoms with Crippen LogP contribution in [0.3, 0.4) is 0 Å². The first-order valence-electron chi connectivity index (χ1n) is 10.2. The largest absolute Gasteiger partial charge is 0.379 e. The van der Waals surface area contributed by atoms with Crippen LogP contribution in [0.2, 0.25) is 0 Å². The molecule has 0 saturated carbocycles. The predicted octanol–water partition coefficient (Wildman–Crippen LogP) is 1.69. The van der Waals surface area contributed by atoms with E-state index in [1.807, 2.05) is 24.0 Å². The first kappa shape index (κ1) is 20.4. The normalized spacial score (nSPS) is 15.5. The van der Waals surface area contributed by atoms with Crippen molar-refractivity contribution in [3.63, 3.8) is 0 Å². The van der Waals surface area contributed by atoms with E-state index in [4.69, 9.17) is 4.74 Å². The van der Waals surface area contributed by atoms with Gasteiger partial charge in [-0.3, -0.25) is 9.89 Å². The summed E-state index contributed by atoms with van der Waals surface area (Å²) in [6.45, 7) is 6.85. The summed E-state index contributed by atoms with van der Waals surface area (Å²) in [5, 5.41) is 11.1. The van der Waals surface area contributed by atoms with Gasteiger partial charge in [0.15, 0.2) is 5.96 Å². The maximum Gasteiger partial charge on any atom is 0.190 e. The van der Waals surface area contributed by atoms with Crippen molar-refractivity contribution >= 4 is 5.96 Å². The molecule has 0 aliphatic carbocycles. The third kappa shape index (κ3) is 6.65. The lowest BCUT2D eigenvalue weighted by Crippen LogP contribution is -2.39. The van der Waals surface area contributed by atoms with Crippen LogP contribution in [-0.2, 0) is 11.2 Å². The fraction of sp³-hybridized carbons (Fsp3) is 0.524. The van der Waals surface area contributed by atoms with Crippen LogP contribution in [-0.4, -0.2) is 73.6 Å². The third-order valence-corrected chi connectivity index (χ3v) is 4.93. The number of guanidine groups is 1. The van der Waals surface area contributed by atoms with Gasteiger partial charge in [-0.2, -0.15) is 5.10 Å². The summed E-state index contributed by atoms with van der Waals surface area (Å²) in [4.78, 5) is 6.79. The number of hydrogen-bond donors (Lipinski definition) is 2. The zero-order valence-electron chi connectivity index (χ0n) is 16.8. The Labute approximate surface area is 167 Å². The van der Waals surface area contributed by atoms with E-state index >= 15 is 0 Å². The van der Waals surface area contributed by atoms with Gasteiger partial charge in [-0.05, 0) is 49.6 Å². The van der Waals surface area contributed by atoms with Gasteiger partial charge in [-0.25, -0.2) is 4.68 Å². The highest BCUT2D eigenvalue weighted by atomic mass is 16.5. The zero-order valence-corrected chi connectivity index (χ0v) is 16.8. The quantitative estimate of drug-likeness (QED) is 0.391. The van der Waals surface area contributed by atoms with Crippen LogP contribution in [0.5, 0.6) is 0 Å². The van der Waals surface area contributed by atoms with Gasteiger partial charge in [0.05, 0.1) is 18.9 Å². The minimum atomic E-state index is 0.856. The van der Waals surface area contributed by atoms with Crippen LogP contribution < -0.4 is 10.6 Å². The van der Waals surface area contributed by atoms with Crippen LogP contribution in [0.15, 0.2) is 47.7 Å². The molecule has 0 spiro atoms. The topological polar surface area (TPSA) is 66.7 Å². The Morgan fingerprint density at radius 2 is 1.89 bits per heavy atom. The highest BCUT2D eigenvalue weighted by Crippen LogP contribution is 2.08. The van der Waals surface area contributed by atoms with Crippen molar-refractivity contribution in [1.82, 2.24) is 25.3 Å². The van der Waals surface area contributed by atoms with Crippen LogP contribution in [0.25, 0.3) is 5.69 Å². The van der Waals surface area contributed by atoms with Gasteiger partial charge < -0.3 is 15.4 Å². The number of hydrogen-bond acceptors (Lipinski definition) is 4. The average Bonchev–Trinajstić information content (AvgIpc) is 3.28. The molecule has 0 unspecified atom stereocenters. The van der Waals surface area contributed by atoms with Crippen molar-refractivity contribution < 1.29 is 4.74 Å². The molecule has 2 heterocycles. The lowest BCUT2D eigenvalue weighted by Gasteiger charge is -2.26. The molecule has 7 nitrogen and oxygen atoms in total. The van der Waals surface area contributed by atoms with Gasteiger partial charge in [0.1, 0.15) is 0 Å². The fourth-order valence-electron chi connectivity index (χ4n) is 3.27. The number of nitrogens with zero attached hydrogens (tertiary/aromatic N) is 4. The Morgan fingerprint density at radius 3 is 2.61 bits per heavy atom. The zero-order chi connectivity index (χ0) is 19.4. The Morgan fingerprint density at radius 1 is 1.11 bits per heavy atom. The monoisotopic (exact) mass is 384 g/mol. The first-order chi connectivity index (χ1) is 13.8. The number of rotatable bonds is 9. The molecule has 1 aromatic carbocycles. The molecular formula is C21H32N6O. The molecule has 28 heavy (non-hydrogen) atoms. The van der Waals surface area contributed by atoms with E-state index in [-0.39, 0.29) is 0 Å². The van der Waals surface area contributed by atoms with Gasteiger partial charge in [0.2, 0.25) is 0 Å². The van der Waals surface area contributed by atoms with E-state index in [0.29, 0.717) is 0 Å². The summed E-state index contributed by atoms with van der Waals surface area (Å²) in [6.07, 6.45) is 7.04. The summed E-state index contributed by atoms with van der Waals surface area (Å²) in [5.74, 6) is 0.875. The number of ether oxygens (including phenoxy) is 1. The fourth-order valence-corrected chi connectivity index (χ4v) is 3.27. The molecule has 7 heteroatoms. The molecule has 152 valence electrons. The Hall–Kier alpha value is -2.38. The molecule has 1 aliphatic heterocycles. The number of unbranched alkanes of at least 4 members (excludes halogenated alkanes) is 1. The molecule has 3 rings (SSSR count). The van der Waals surface area contributed by atoms with Gasteiger partial charge in [0, 0.05) is 45.6 Å². The van der Waals surface area contributed by atoms with Gasteiger partial charge in [0.25, 0.3) is 0 Å². The van der Waals surface area contributed by atoms with E-state index in [9.17, 15) is 0 Å². The van der Waals surface area contributed by atoms with Crippen LogP contribution in [0.1, 0.15) is 18.4 Å². The average molecular weight is 385 g/mol. The first-order valence-corrected chi connectivity index (χ1v) is 10.2.